The zero-order chi connectivity index (χ0) is 18.0. The number of benzene rings is 1. The van der Waals surface area contributed by atoms with Crippen LogP contribution in [-0.2, 0) is 10.2 Å². The average Bonchev–Trinajstić information content (AvgIpc) is 2.53. The smallest absolute Gasteiger partial charge is 0.248 e. The third-order valence-electron chi connectivity index (χ3n) is 5.13. The molecule has 0 atom stereocenters. The summed E-state index contributed by atoms with van der Waals surface area (Å²) in [4.78, 5) is 27.2. The van der Waals surface area contributed by atoms with E-state index in [1.807, 2.05) is 18.2 Å². The van der Waals surface area contributed by atoms with Crippen LogP contribution in [0.3, 0.4) is 0 Å². The highest BCUT2D eigenvalue weighted by Gasteiger charge is 2.19. The summed E-state index contributed by atoms with van der Waals surface area (Å²) < 4.78 is 0. The summed E-state index contributed by atoms with van der Waals surface area (Å²) in [6.07, 6.45) is 6.69. The van der Waals surface area contributed by atoms with Gasteiger partial charge in [-0.15, -0.1) is 0 Å². The van der Waals surface area contributed by atoms with Crippen molar-refractivity contribution in [2.24, 2.45) is 5.92 Å². The molecule has 4 heteroatoms. The first-order chi connectivity index (χ1) is 11.8. The summed E-state index contributed by atoms with van der Waals surface area (Å²) in [5.74, 6) is 0.585. The third kappa shape index (κ3) is 4.30. The second-order valence-electron chi connectivity index (χ2n) is 8.31. The predicted molar refractivity (Wildman–Crippen MR) is 103 cm³/mol. The quantitative estimate of drug-likeness (QED) is 0.848. The van der Waals surface area contributed by atoms with Crippen LogP contribution in [0.25, 0.3) is 10.9 Å². The molecule has 0 unspecified atom stereocenters. The van der Waals surface area contributed by atoms with E-state index in [1.165, 1.54) is 19.3 Å². The number of aromatic nitrogens is 1. The molecule has 25 heavy (non-hydrogen) atoms. The van der Waals surface area contributed by atoms with Gasteiger partial charge in [-0.2, -0.15) is 0 Å². The Hall–Kier alpha value is -2.10. The minimum atomic E-state index is -0.113. The largest absolute Gasteiger partial charge is 0.326 e. The highest BCUT2D eigenvalue weighted by molar-refractivity contribution is 5.94. The summed E-state index contributed by atoms with van der Waals surface area (Å²) in [6, 6.07) is 7.45. The first-order valence-electron chi connectivity index (χ1n) is 9.30. The molecular weight excluding hydrogens is 312 g/mol. The fourth-order valence-corrected chi connectivity index (χ4v) is 3.82. The lowest BCUT2D eigenvalue weighted by Crippen LogP contribution is -2.19. The molecule has 2 aromatic rings. The molecule has 3 rings (SSSR count). The van der Waals surface area contributed by atoms with Gasteiger partial charge in [0.1, 0.15) is 0 Å². The third-order valence-corrected chi connectivity index (χ3v) is 5.13. The van der Waals surface area contributed by atoms with E-state index in [4.69, 9.17) is 0 Å². The second-order valence-corrected chi connectivity index (χ2v) is 8.31. The number of amides is 1. The monoisotopic (exact) mass is 340 g/mol. The lowest BCUT2D eigenvalue weighted by atomic mass is 9.85. The van der Waals surface area contributed by atoms with E-state index in [-0.39, 0.29) is 16.9 Å². The summed E-state index contributed by atoms with van der Waals surface area (Å²) in [6.45, 7) is 6.29. The number of hydrogen-bond donors (Lipinski definition) is 2. The van der Waals surface area contributed by atoms with Crippen LogP contribution < -0.4 is 10.9 Å². The Morgan fingerprint density at radius 1 is 1.16 bits per heavy atom. The first-order valence-corrected chi connectivity index (χ1v) is 9.30. The van der Waals surface area contributed by atoms with Crippen molar-refractivity contribution in [3.8, 4) is 0 Å². The summed E-state index contributed by atoms with van der Waals surface area (Å²) in [5.41, 5.74) is 2.32. The number of carbonyl (C=O) groups is 1. The number of nitrogens with one attached hydrogen (secondary N) is 2. The normalized spacial score (nSPS) is 16.1. The molecule has 0 spiro atoms. The minimum absolute atomic E-state index is 0.0700. The average molecular weight is 340 g/mol. The fourth-order valence-electron chi connectivity index (χ4n) is 3.82. The molecule has 2 N–H and O–H groups in total. The van der Waals surface area contributed by atoms with E-state index in [1.54, 1.807) is 6.07 Å². The standard InChI is InChI=1S/C21H28N2O2/c1-21(2,3)17-13-20(25)23-18-12-15(9-10-16(17)18)22-19(24)11-14-7-5-4-6-8-14/h9-10,12-14H,4-8,11H2,1-3H3,(H,22,24)(H,23,25). The van der Waals surface area contributed by atoms with Gasteiger partial charge in [0.25, 0.3) is 0 Å². The van der Waals surface area contributed by atoms with Crippen molar-refractivity contribution >= 4 is 22.5 Å². The molecule has 1 aliphatic rings. The van der Waals surface area contributed by atoms with E-state index < -0.39 is 0 Å². The van der Waals surface area contributed by atoms with Crippen molar-refractivity contribution in [1.29, 1.82) is 0 Å². The highest BCUT2D eigenvalue weighted by atomic mass is 16.1. The van der Waals surface area contributed by atoms with Crippen LogP contribution in [0.2, 0.25) is 0 Å². The molecule has 0 aliphatic heterocycles. The topological polar surface area (TPSA) is 62.0 Å². The highest BCUT2D eigenvalue weighted by Crippen LogP contribution is 2.30. The number of hydrogen-bond acceptors (Lipinski definition) is 2. The van der Waals surface area contributed by atoms with Crippen LogP contribution in [0.4, 0.5) is 5.69 Å². The van der Waals surface area contributed by atoms with Gasteiger partial charge in [-0.3, -0.25) is 9.59 Å². The molecular formula is C21H28N2O2. The maximum absolute atomic E-state index is 12.3. The van der Waals surface area contributed by atoms with Crippen LogP contribution in [-0.4, -0.2) is 10.9 Å². The van der Waals surface area contributed by atoms with Gasteiger partial charge in [0.05, 0.1) is 5.52 Å². The number of rotatable bonds is 3. The molecule has 0 saturated heterocycles. The molecule has 1 aliphatic carbocycles. The lowest BCUT2D eigenvalue weighted by Gasteiger charge is -2.22. The Kier molecular flexibility index (Phi) is 4.98. The Labute approximate surface area is 149 Å². The summed E-state index contributed by atoms with van der Waals surface area (Å²) >= 11 is 0. The van der Waals surface area contributed by atoms with Gasteiger partial charge in [-0.1, -0.05) is 46.1 Å². The Morgan fingerprint density at radius 3 is 2.56 bits per heavy atom. The van der Waals surface area contributed by atoms with Crippen molar-refractivity contribution in [2.45, 2.75) is 64.7 Å². The van der Waals surface area contributed by atoms with Gasteiger partial charge in [0.15, 0.2) is 0 Å². The molecule has 1 aromatic carbocycles. The molecule has 4 nitrogen and oxygen atoms in total. The van der Waals surface area contributed by atoms with Crippen molar-refractivity contribution in [3.05, 3.63) is 40.2 Å². The van der Waals surface area contributed by atoms with E-state index in [9.17, 15) is 9.59 Å². The Morgan fingerprint density at radius 2 is 1.88 bits per heavy atom. The van der Waals surface area contributed by atoms with Gasteiger partial charge in [-0.05, 0) is 41.9 Å². The van der Waals surface area contributed by atoms with Crippen molar-refractivity contribution in [1.82, 2.24) is 4.98 Å². The molecule has 134 valence electrons. The molecule has 1 aromatic heterocycles. The van der Waals surface area contributed by atoms with E-state index in [0.717, 1.165) is 35.0 Å². The zero-order valence-corrected chi connectivity index (χ0v) is 15.4. The predicted octanol–water partition coefficient (Wildman–Crippen LogP) is 4.73. The maximum Gasteiger partial charge on any atom is 0.248 e. The second kappa shape index (κ2) is 7.03. The number of carbonyl (C=O) groups excluding carboxylic acids is 1. The van der Waals surface area contributed by atoms with Crippen LogP contribution >= 0.6 is 0 Å². The minimum Gasteiger partial charge on any atom is -0.326 e. The molecule has 1 heterocycles. The number of pyridine rings is 1. The van der Waals surface area contributed by atoms with Gasteiger partial charge in [0.2, 0.25) is 11.5 Å². The maximum atomic E-state index is 12.3. The van der Waals surface area contributed by atoms with Gasteiger partial charge >= 0.3 is 0 Å². The van der Waals surface area contributed by atoms with Crippen LogP contribution in [0, 0.1) is 5.92 Å². The van der Waals surface area contributed by atoms with Gasteiger partial charge in [-0.25, -0.2) is 0 Å². The number of H-pyrrole nitrogens is 1. The number of aromatic amines is 1. The van der Waals surface area contributed by atoms with E-state index in [2.05, 4.69) is 31.1 Å². The summed E-state index contributed by atoms with van der Waals surface area (Å²) in [7, 11) is 0. The van der Waals surface area contributed by atoms with Crippen LogP contribution in [0.5, 0.6) is 0 Å². The molecule has 0 bridgehead atoms. The zero-order valence-electron chi connectivity index (χ0n) is 15.4. The van der Waals surface area contributed by atoms with Crippen LogP contribution in [0.1, 0.15) is 64.9 Å². The Balaban J connectivity index is 1.81. The summed E-state index contributed by atoms with van der Waals surface area (Å²) in [5, 5.41) is 4.02. The number of fused-ring (bicyclic) bond motifs is 1. The van der Waals surface area contributed by atoms with Crippen molar-refractivity contribution in [3.63, 3.8) is 0 Å². The van der Waals surface area contributed by atoms with Crippen molar-refractivity contribution < 1.29 is 4.79 Å². The Bertz CT molecular complexity index is 824. The molecule has 0 radical (unpaired) electrons. The fraction of sp³-hybridized carbons (Fsp3) is 0.524. The molecule has 1 saturated carbocycles. The number of anilines is 1. The molecule has 1 amide bonds. The first kappa shape index (κ1) is 17.7. The van der Waals surface area contributed by atoms with Gasteiger partial charge in [0, 0.05) is 23.6 Å². The van der Waals surface area contributed by atoms with E-state index >= 15 is 0 Å². The van der Waals surface area contributed by atoms with Gasteiger partial charge < -0.3 is 10.3 Å². The van der Waals surface area contributed by atoms with Crippen LogP contribution in [0.15, 0.2) is 29.1 Å². The van der Waals surface area contributed by atoms with Crippen molar-refractivity contribution in [2.75, 3.05) is 5.32 Å². The van der Waals surface area contributed by atoms with E-state index in [0.29, 0.717) is 12.3 Å². The molecule has 1 fully saturated rings. The lowest BCUT2D eigenvalue weighted by molar-refractivity contribution is -0.117. The SMILES string of the molecule is CC(C)(C)c1cc(=O)[nH]c2cc(NC(=O)CC3CCCCC3)ccc12.